The van der Waals surface area contributed by atoms with Crippen LogP contribution in [0.1, 0.15) is 0 Å². The molecule has 0 aromatic heterocycles. The molecule has 2 aromatic rings. The van der Waals surface area contributed by atoms with Gasteiger partial charge in [-0.15, -0.1) is 17.5 Å². The average molecular weight is 339 g/mol. The van der Waals surface area contributed by atoms with Crippen LogP contribution in [0.5, 0.6) is 0 Å². The van der Waals surface area contributed by atoms with Gasteiger partial charge in [0, 0.05) is 17.1 Å². The molecule has 6 nitrogen and oxygen atoms in total. The maximum atomic E-state index is 4.92. The summed E-state index contributed by atoms with van der Waals surface area (Å²) < 4.78 is 0. The number of aliphatic imine (C=N–C) groups is 1. The second-order valence-electron chi connectivity index (χ2n) is 2.92. The SMILES string of the molecule is C=NC(=NN)N(N)N.Cl.[Fe].[cH-]1[cH-][cH-][cH-][cH-]1.c1cc[cH-]c1. The molecule has 0 aliphatic rings. The van der Waals surface area contributed by atoms with E-state index in [1.54, 1.807) is 0 Å². The van der Waals surface area contributed by atoms with Gasteiger partial charge in [-0.25, -0.2) is 33.9 Å². The van der Waals surface area contributed by atoms with Gasteiger partial charge in [0.2, 0.25) is 0 Å². The van der Waals surface area contributed by atoms with Crippen LogP contribution < -0.4 is 17.5 Å². The number of hydrazone groups is 1. The van der Waals surface area contributed by atoms with Crippen molar-refractivity contribution in [3.8, 4) is 0 Å². The van der Waals surface area contributed by atoms with Crippen LogP contribution >= 0.6 is 12.4 Å². The summed E-state index contributed by atoms with van der Waals surface area (Å²) in [5.41, 5.74) is 0. The molecule has 0 bridgehead atoms. The molecule has 0 saturated carbocycles. The monoisotopic (exact) mass is 338 g/mol. The molecule has 0 radical (unpaired) electrons. The van der Waals surface area contributed by atoms with Crippen LogP contribution in [0.2, 0.25) is 0 Å². The van der Waals surface area contributed by atoms with Crippen molar-refractivity contribution < 1.29 is 17.1 Å². The van der Waals surface area contributed by atoms with Crippen LogP contribution in [0.25, 0.3) is 0 Å². The predicted molar refractivity (Wildman–Crippen MR) is 82.7 cm³/mol. The fourth-order valence-electron chi connectivity index (χ4n) is 0.831. The van der Waals surface area contributed by atoms with E-state index in [0.29, 0.717) is 5.12 Å². The van der Waals surface area contributed by atoms with E-state index in [9.17, 15) is 0 Å². The zero-order valence-corrected chi connectivity index (χ0v) is 12.7. The van der Waals surface area contributed by atoms with Gasteiger partial charge < -0.3 is 36.2 Å². The second kappa shape index (κ2) is 17.4. The van der Waals surface area contributed by atoms with E-state index in [4.69, 9.17) is 17.5 Å². The molecule has 0 fully saturated rings. The summed E-state index contributed by atoms with van der Waals surface area (Å²) in [6.07, 6.45) is 0. The van der Waals surface area contributed by atoms with Crippen molar-refractivity contribution in [1.29, 1.82) is 0 Å². The van der Waals surface area contributed by atoms with Crippen molar-refractivity contribution in [1.82, 2.24) is 5.12 Å². The first-order chi connectivity index (χ1) is 8.72. The zero-order chi connectivity index (χ0) is 13.6. The summed E-state index contributed by atoms with van der Waals surface area (Å²) in [4.78, 5) is 3.26. The Balaban J connectivity index is -0.000000212. The van der Waals surface area contributed by atoms with Crippen LogP contribution in [0.15, 0.2) is 70.8 Å². The van der Waals surface area contributed by atoms with Crippen LogP contribution in [-0.4, -0.2) is 17.8 Å². The van der Waals surface area contributed by atoms with Gasteiger partial charge in [0.15, 0.2) is 0 Å². The molecule has 0 aliphatic heterocycles. The van der Waals surface area contributed by atoms with Gasteiger partial charge in [0.05, 0.1) is 0 Å². The van der Waals surface area contributed by atoms with Crippen molar-refractivity contribution >= 4 is 25.1 Å². The van der Waals surface area contributed by atoms with Crippen LogP contribution in [-0.2, 0) is 17.1 Å². The van der Waals surface area contributed by atoms with E-state index in [-0.39, 0.29) is 35.4 Å². The van der Waals surface area contributed by atoms with Gasteiger partial charge >= 0.3 is 0 Å². The molecular weight excluding hydrogens is 319 g/mol. The third-order valence-corrected chi connectivity index (χ3v) is 1.60. The van der Waals surface area contributed by atoms with Crippen LogP contribution in [0, 0.1) is 0 Å². The third kappa shape index (κ3) is 14.4. The van der Waals surface area contributed by atoms with Gasteiger partial charge in [-0.2, -0.15) is 18.2 Å². The maximum absolute atomic E-state index is 4.92. The first-order valence-electron chi connectivity index (χ1n) is 5.09. The molecule has 2 rings (SSSR count). The van der Waals surface area contributed by atoms with Gasteiger partial charge in [-0.05, 0) is 6.72 Å². The number of hydrazine groups is 2. The third-order valence-electron chi connectivity index (χ3n) is 1.60. The smallest absolute Gasteiger partial charge is 0.270 e. The average Bonchev–Trinajstić information content (AvgIpc) is 3.09. The number of rotatable bonds is 0. The molecule has 0 unspecified atom stereocenters. The summed E-state index contributed by atoms with van der Waals surface area (Å²) in [6, 6.07) is 20.0. The summed E-state index contributed by atoms with van der Waals surface area (Å²) in [6.45, 7) is 3.09. The fourth-order valence-corrected chi connectivity index (χ4v) is 0.831. The minimum atomic E-state index is -0.00926. The molecule has 0 heterocycles. The molecular formula is C12H19ClFeN6-6. The predicted octanol–water partition coefficient (Wildman–Crippen LogP) is 1.20. The number of hydrogen-bond acceptors (Lipinski definition) is 4. The number of nitrogens with zero attached hydrogens (tertiary/aromatic N) is 3. The van der Waals surface area contributed by atoms with E-state index >= 15 is 0 Å². The Morgan fingerprint density at radius 3 is 1.50 bits per heavy atom. The van der Waals surface area contributed by atoms with E-state index in [2.05, 4.69) is 16.8 Å². The first kappa shape index (κ1) is 23.5. The van der Waals surface area contributed by atoms with Gasteiger partial charge in [-0.1, -0.05) is 0 Å². The fraction of sp³-hybridized carbons (Fsp3) is 0. The number of hydrogen-bond donors (Lipinski definition) is 3. The van der Waals surface area contributed by atoms with Crippen molar-refractivity contribution in [2.45, 2.75) is 0 Å². The number of halogens is 1. The molecule has 0 atom stereocenters. The Bertz CT molecular complexity index is 339. The van der Waals surface area contributed by atoms with Crippen molar-refractivity contribution in [2.75, 3.05) is 0 Å². The Kier molecular flexibility index (Phi) is 20.4. The molecule has 0 amide bonds. The zero-order valence-electron chi connectivity index (χ0n) is 10.8. The van der Waals surface area contributed by atoms with Crippen molar-refractivity contribution in [3.63, 3.8) is 0 Å². The Morgan fingerprint density at radius 2 is 1.40 bits per heavy atom. The minimum Gasteiger partial charge on any atom is -0.748 e. The Labute approximate surface area is 135 Å². The molecule has 2 aromatic carbocycles. The normalized spacial score (nSPS) is 8.40. The topological polar surface area (TPSA) is 106 Å². The van der Waals surface area contributed by atoms with Crippen LogP contribution in [0.3, 0.4) is 0 Å². The quantitative estimate of drug-likeness (QED) is 0.167. The number of guanidine groups is 1. The van der Waals surface area contributed by atoms with E-state index < -0.39 is 0 Å². The van der Waals surface area contributed by atoms with Crippen LogP contribution in [0.4, 0.5) is 0 Å². The molecule has 20 heavy (non-hydrogen) atoms. The van der Waals surface area contributed by atoms with Crippen molar-refractivity contribution in [3.05, 3.63) is 60.7 Å². The van der Waals surface area contributed by atoms with E-state index in [0.717, 1.165) is 0 Å². The summed E-state index contributed by atoms with van der Waals surface area (Å²) in [5, 5.41) is 3.74. The number of nitrogens with two attached hydrogens (primary N) is 3. The van der Waals surface area contributed by atoms with Gasteiger partial charge in [0.25, 0.3) is 5.96 Å². The van der Waals surface area contributed by atoms with Gasteiger partial charge in [-0.3, -0.25) is 0 Å². The standard InChI is InChI=1S/2C5H5.C2H8N6.ClH.Fe/c2*1-2-4-5-3-1;1-6-2(7-3)8(4)5;;/h2*1-5H;1,3-5H2;1H;/q-5;-1;;;. The van der Waals surface area contributed by atoms with Gasteiger partial charge in [0.1, 0.15) is 0 Å². The molecule has 8 heteroatoms. The van der Waals surface area contributed by atoms with E-state index in [1.807, 2.05) is 60.7 Å². The molecule has 0 aliphatic carbocycles. The summed E-state index contributed by atoms with van der Waals surface area (Å²) in [5.74, 6) is 14.6. The Morgan fingerprint density at radius 1 is 1.00 bits per heavy atom. The maximum Gasteiger partial charge on any atom is 0.270 e. The largest absolute Gasteiger partial charge is 0.748 e. The minimum absolute atomic E-state index is 0. The molecule has 0 saturated heterocycles. The molecule has 118 valence electrons. The second-order valence-corrected chi connectivity index (χ2v) is 2.92. The van der Waals surface area contributed by atoms with E-state index in [1.165, 1.54) is 0 Å². The first-order valence-corrected chi connectivity index (χ1v) is 5.09. The molecule has 0 spiro atoms. The Hall–Kier alpha value is -1.63. The molecule has 6 N–H and O–H groups in total. The summed E-state index contributed by atoms with van der Waals surface area (Å²) in [7, 11) is 0. The summed E-state index contributed by atoms with van der Waals surface area (Å²) >= 11 is 0. The van der Waals surface area contributed by atoms with Crippen molar-refractivity contribution in [2.24, 2.45) is 27.6 Å².